The van der Waals surface area contributed by atoms with Gasteiger partial charge in [-0.3, -0.25) is 0 Å². The minimum absolute atomic E-state index is 0.125. The minimum Gasteiger partial charge on any atom is -0.393 e. The summed E-state index contributed by atoms with van der Waals surface area (Å²) in [5.74, 6) is 0.410. The van der Waals surface area contributed by atoms with Crippen molar-refractivity contribution in [2.24, 2.45) is 5.92 Å². The molecule has 1 aliphatic rings. The quantitative estimate of drug-likeness (QED) is 0.835. The molecular weight excluding hydrogens is 242 g/mol. The molecule has 0 saturated heterocycles. The molecule has 2 unspecified atom stereocenters. The molecular formula is C15H19NOS. The number of rotatable bonds is 2. The van der Waals surface area contributed by atoms with Crippen molar-refractivity contribution < 1.29 is 5.11 Å². The monoisotopic (exact) mass is 261 g/mol. The van der Waals surface area contributed by atoms with Crippen LogP contribution in [0.3, 0.4) is 0 Å². The van der Waals surface area contributed by atoms with E-state index in [9.17, 15) is 5.11 Å². The number of para-hydroxylation sites is 1. The molecule has 1 aromatic carbocycles. The van der Waals surface area contributed by atoms with Gasteiger partial charge in [0.05, 0.1) is 21.3 Å². The Hall–Kier alpha value is -0.930. The molecule has 3 rings (SSSR count). The maximum Gasteiger partial charge on any atom is 0.0942 e. The van der Waals surface area contributed by atoms with E-state index < -0.39 is 0 Å². The molecule has 0 bridgehead atoms. The van der Waals surface area contributed by atoms with Crippen molar-refractivity contribution in [2.45, 2.75) is 44.6 Å². The highest BCUT2D eigenvalue weighted by atomic mass is 32.1. The molecule has 3 heteroatoms. The second-order valence-electron chi connectivity index (χ2n) is 5.24. The second-order valence-corrected chi connectivity index (χ2v) is 6.36. The summed E-state index contributed by atoms with van der Waals surface area (Å²) in [6, 6.07) is 8.29. The first kappa shape index (κ1) is 12.1. The number of aromatic nitrogens is 1. The molecule has 2 aromatic rings. The highest BCUT2D eigenvalue weighted by Gasteiger charge is 2.23. The van der Waals surface area contributed by atoms with Gasteiger partial charge in [0.1, 0.15) is 0 Å². The van der Waals surface area contributed by atoms with Gasteiger partial charge in [-0.2, -0.15) is 0 Å². The molecule has 1 aromatic heterocycles. The van der Waals surface area contributed by atoms with Gasteiger partial charge in [0.2, 0.25) is 0 Å². The molecule has 2 atom stereocenters. The molecule has 18 heavy (non-hydrogen) atoms. The average molecular weight is 261 g/mol. The van der Waals surface area contributed by atoms with Gasteiger partial charge in [0.15, 0.2) is 0 Å². The van der Waals surface area contributed by atoms with E-state index in [2.05, 4.69) is 23.2 Å². The summed E-state index contributed by atoms with van der Waals surface area (Å²) < 4.78 is 1.26. The van der Waals surface area contributed by atoms with Gasteiger partial charge in [-0.05, 0) is 30.9 Å². The molecule has 1 heterocycles. The van der Waals surface area contributed by atoms with E-state index in [1.807, 2.05) is 6.07 Å². The number of aliphatic hydroxyl groups is 1. The van der Waals surface area contributed by atoms with Crippen molar-refractivity contribution in [3.8, 4) is 0 Å². The molecule has 96 valence electrons. The summed E-state index contributed by atoms with van der Waals surface area (Å²) in [7, 11) is 0. The number of nitrogens with zero attached hydrogens (tertiary/aromatic N) is 1. The van der Waals surface area contributed by atoms with Gasteiger partial charge < -0.3 is 5.11 Å². The normalized spacial score (nSPS) is 25.2. The van der Waals surface area contributed by atoms with E-state index in [1.54, 1.807) is 11.3 Å². The lowest BCUT2D eigenvalue weighted by molar-refractivity contribution is 0.101. The van der Waals surface area contributed by atoms with Crippen LogP contribution in [-0.4, -0.2) is 16.2 Å². The maximum absolute atomic E-state index is 10.2. The van der Waals surface area contributed by atoms with Crippen LogP contribution in [0.15, 0.2) is 24.3 Å². The van der Waals surface area contributed by atoms with E-state index in [-0.39, 0.29) is 6.10 Å². The van der Waals surface area contributed by atoms with E-state index in [0.717, 1.165) is 24.8 Å². The van der Waals surface area contributed by atoms with E-state index in [1.165, 1.54) is 29.0 Å². The van der Waals surface area contributed by atoms with Crippen LogP contribution in [0.25, 0.3) is 10.2 Å². The van der Waals surface area contributed by atoms with Crippen molar-refractivity contribution in [2.75, 3.05) is 0 Å². The molecule has 0 amide bonds. The molecule has 1 aliphatic carbocycles. The Labute approximate surface area is 112 Å². The summed E-state index contributed by atoms with van der Waals surface area (Å²) >= 11 is 1.78. The Morgan fingerprint density at radius 1 is 1.17 bits per heavy atom. The lowest BCUT2D eigenvalue weighted by Crippen LogP contribution is -2.20. The third-order valence-electron chi connectivity index (χ3n) is 3.89. The number of aliphatic hydroxyl groups excluding tert-OH is 1. The highest BCUT2D eigenvalue weighted by molar-refractivity contribution is 7.18. The van der Waals surface area contributed by atoms with Gasteiger partial charge in [-0.1, -0.05) is 31.4 Å². The first-order chi connectivity index (χ1) is 8.83. The van der Waals surface area contributed by atoms with Gasteiger partial charge in [0, 0.05) is 6.42 Å². The van der Waals surface area contributed by atoms with Crippen LogP contribution in [0.5, 0.6) is 0 Å². The zero-order valence-electron chi connectivity index (χ0n) is 10.5. The smallest absolute Gasteiger partial charge is 0.0942 e. The highest BCUT2D eigenvalue weighted by Crippen LogP contribution is 2.29. The summed E-state index contributed by atoms with van der Waals surface area (Å²) in [4.78, 5) is 4.68. The zero-order valence-corrected chi connectivity index (χ0v) is 11.3. The summed E-state index contributed by atoms with van der Waals surface area (Å²) in [6.07, 6.45) is 6.64. The SMILES string of the molecule is OC1CCCCCC1Cc1nc2ccccc2s1. The van der Waals surface area contributed by atoms with E-state index in [4.69, 9.17) is 0 Å². The lowest BCUT2D eigenvalue weighted by Gasteiger charge is -2.18. The van der Waals surface area contributed by atoms with Crippen molar-refractivity contribution in [3.63, 3.8) is 0 Å². The molecule has 1 saturated carbocycles. The van der Waals surface area contributed by atoms with Crippen LogP contribution in [0.4, 0.5) is 0 Å². The third-order valence-corrected chi connectivity index (χ3v) is 4.95. The van der Waals surface area contributed by atoms with Crippen LogP contribution in [0, 0.1) is 5.92 Å². The van der Waals surface area contributed by atoms with Crippen LogP contribution >= 0.6 is 11.3 Å². The van der Waals surface area contributed by atoms with Crippen molar-refractivity contribution in [1.29, 1.82) is 0 Å². The number of thiazole rings is 1. The van der Waals surface area contributed by atoms with Gasteiger partial charge in [-0.15, -0.1) is 11.3 Å². The fourth-order valence-electron chi connectivity index (χ4n) is 2.83. The summed E-state index contributed by atoms with van der Waals surface area (Å²) in [6.45, 7) is 0. The molecule has 0 radical (unpaired) electrons. The fourth-order valence-corrected chi connectivity index (χ4v) is 3.89. The Bertz CT molecular complexity index is 489. The maximum atomic E-state index is 10.2. The minimum atomic E-state index is -0.125. The number of hydrogen-bond acceptors (Lipinski definition) is 3. The molecule has 1 fully saturated rings. The summed E-state index contributed by atoms with van der Waals surface area (Å²) in [5.41, 5.74) is 1.10. The Kier molecular flexibility index (Phi) is 3.62. The van der Waals surface area contributed by atoms with Crippen molar-refractivity contribution in [1.82, 2.24) is 4.98 Å². The van der Waals surface area contributed by atoms with E-state index in [0.29, 0.717) is 5.92 Å². The molecule has 2 nitrogen and oxygen atoms in total. The first-order valence-electron chi connectivity index (χ1n) is 6.85. The molecule has 0 spiro atoms. The zero-order chi connectivity index (χ0) is 12.4. The first-order valence-corrected chi connectivity index (χ1v) is 7.67. The molecule has 1 N–H and O–H groups in total. The topological polar surface area (TPSA) is 33.1 Å². The Balaban J connectivity index is 1.78. The largest absolute Gasteiger partial charge is 0.393 e. The summed E-state index contributed by atoms with van der Waals surface area (Å²) in [5, 5.41) is 11.3. The van der Waals surface area contributed by atoms with Crippen molar-refractivity contribution in [3.05, 3.63) is 29.3 Å². The number of hydrogen-bond donors (Lipinski definition) is 1. The fraction of sp³-hybridized carbons (Fsp3) is 0.533. The van der Waals surface area contributed by atoms with Crippen LogP contribution in [0.2, 0.25) is 0 Å². The molecule has 0 aliphatic heterocycles. The van der Waals surface area contributed by atoms with Crippen LogP contribution < -0.4 is 0 Å². The number of fused-ring (bicyclic) bond motifs is 1. The van der Waals surface area contributed by atoms with E-state index >= 15 is 0 Å². The third kappa shape index (κ3) is 2.57. The van der Waals surface area contributed by atoms with Crippen LogP contribution in [0.1, 0.15) is 37.1 Å². The second kappa shape index (κ2) is 5.37. The Morgan fingerprint density at radius 3 is 2.89 bits per heavy atom. The van der Waals surface area contributed by atoms with Gasteiger partial charge >= 0.3 is 0 Å². The van der Waals surface area contributed by atoms with Gasteiger partial charge in [0.25, 0.3) is 0 Å². The predicted octanol–water partition coefficient (Wildman–Crippen LogP) is 3.78. The standard InChI is InChI=1S/C15H19NOS/c17-13-8-3-1-2-6-11(13)10-15-16-12-7-4-5-9-14(12)18-15/h4-5,7,9,11,13,17H,1-3,6,8,10H2. The predicted molar refractivity (Wildman–Crippen MR) is 75.9 cm³/mol. The van der Waals surface area contributed by atoms with Gasteiger partial charge in [-0.25, -0.2) is 4.98 Å². The average Bonchev–Trinajstić information content (AvgIpc) is 2.68. The Morgan fingerprint density at radius 2 is 2.00 bits per heavy atom. The van der Waals surface area contributed by atoms with Crippen molar-refractivity contribution >= 4 is 21.6 Å². The van der Waals surface area contributed by atoms with Crippen LogP contribution in [-0.2, 0) is 6.42 Å². The lowest BCUT2D eigenvalue weighted by atomic mass is 9.94. The number of benzene rings is 1.